The van der Waals surface area contributed by atoms with Crippen molar-refractivity contribution in [2.75, 3.05) is 0 Å². The Morgan fingerprint density at radius 1 is 1.53 bits per heavy atom. The van der Waals surface area contributed by atoms with Crippen LogP contribution in [0.15, 0.2) is 18.3 Å². The van der Waals surface area contributed by atoms with E-state index < -0.39 is 17.4 Å². The molecule has 0 aliphatic heterocycles. The predicted octanol–water partition coefficient (Wildman–Crippen LogP) is 1.63. The van der Waals surface area contributed by atoms with Crippen LogP contribution in [0.25, 0.3) is 0 Å². The molecule has 0 fully saturated rings. The molecule has 17 heavy (non-hydrogen) atoms. The molecular formula is C12H18N2O3. The molecule has 3 N–H and O–H groups in total. The highest BCUT2D eigenvalue weighted by molar-refractivity contribution is 5.96. The molecule has 1 amide bonds. The number of carboxylic acid groups (broad SMARTS) is 1. The van der Waals surface area contributed by atoms with E-state index >= 15 is 0 Å². The minimum Gasteiger partial charge on any atom is -0.480 e. The molecule has 0 spiro atoms. The van der Waals surface area contributed by atoms with Crippen LogP contribution in [0.3, 0.4) is 0 Å². The summed E-state index contributed by atoms with van der Waals surface area (Å²) in [6.45, 7) is 5.36. The van der Waals surface area contributed by atoms with Crippen LogP contribution in [0.4, 0.5) is 0 Å². The summed E-state index contributed by atoms with van der Waals surface area (Å²) in [6.07, 6.45) is 2.00. The summed E-state index contributed by atoms with van der Waals surface area (Å²) >= 11 is 0. The Hall–Kier alpha value is -1.78. The minimum atomic E-state index is -1.24. The normalized spacial score (nSPS) is 14.4. The number of carboxylic acids is 1. The van der Waals surface area contributed by atoms with E-state index in [9.17, 15) is 14.7 Å². The van der Waals surface area contributed by atoms with Crippen molar-refractivity contribution in [1.29, 1.82) is 0 Å². The monoisotopic (exact) mass is 238 g/mol. The first-order valence-corrected chi connectivity index (χ1v) is 5.54. The Morgan fingerprint density at radius 2 is 2.18 bits per heavy atom. The number of carbonyl (C=O) groups is 2. The molecule has 1 heterocycles. The van der Waals surface area contributed by atoms with Gasteiger partial charge < -0.3 is 15.4 Å². The van der Waals surface area contributed by atoms with Gasteiger partial charge in [-0.3, -0.25) is 4.79 Å². The molecule has 94 valence electrons. The molecule has 1 aromatic rings. The van der Waals surface area contributed by atoms with Gasteiger partial charge in [0.15, 0.2) is 0 Å². The van der Waals surface area contributed by atoms with Gasteiger partial charge in [-0.05, 0) is 31.4 Å². The largest absolute Gasteiger partial charge is 0.480 e. The lowest BCUT2D eigenvalue weighted by molar-refractivity contribution is -0.144. The number of aliphatic carboxylic acids is 1. The Labute approximate surface area is 100 Å². The third kappa shape index (κ3) is 3.34. The van der Waals surface area contributed by atoms with E-state index in [1.54, 1.807) is 18.3 Å². The van der Waals surface area contributed by atoms with Crippen molar-refractivity contribution in [3.05, 3.63) is 24.0 Å². The fourth-order valence-electron chi connectivity index (χ4n) is 1.80. The molecule has 5 nitrogen and oxygen atoms in total. The second-order valence-corrected chi connectivity index (χ2v) is 4.77. The van der Waals surface area contributed by atoms with Gasteiger partial charge in [-0.25, -0.2) is 4.79 Å². The van der Waals surface area contributed by atoms with Gasteiger partial charge in [-0.15, -0.1) is 0 Å². The van der Waals surface area contributed by atoms with Crippen LogP contribution in [-0.4, -0.2) is 27.5 Å². The van der Waals surface area contributed by atoms with Crippen molar-refractivity contribution in [3.63, 3.8) is 0 Å². The van der Waals surface area contributed by atoms with E-state index in [4.69, 9.17) is 0 Å². The Morgan fingerprint density at radius 3 is 2.59 bits per heavy atom. The summed E-state index contributed by atoms with van der Waals surface area (Å²) in [5, 5.41) is 11.8. The number of H-pyrrole nitrogens is 1. The number of carbonyl (C=O) groups excluding carboxylic acids is 1. The van der Waals surface area contributed by atoms with Gasteiger partial charge in [-0.1, -0.05) is 13.8 Å². The number of nitrogens with one attached hydrogen (secondary N) is 2. The summed E-state index contributed by atoms with van der Waals surface area (Å²) < 4.78 is 0. The van der Waals surface area contributed by atoms with Crippen LogP contribution >= 0.6 is 0 Å². The van der Waals surface area contributed by atoms with Crippen LogP contribution in [-0.2, 0) is 4.79 Å². The fourth-order valence-corrected chi connectivity index (χ4v) is 1.80. The molecule has 1 atom stereocenters. The second kappa shape index (κ2) is 5.03. The molecule has 0 aliphatic carbocycles. The number of hydrogen-bond donors (Lipinski definition) is 3. The average molecular weight is 238 g/mol. The Bertz CT molecular complexity index is 398. The molecule has 0 saturated carbocycles. The molecule has 0 bridgehead atoms. The minimum absolute atomic E-state index is 0.181. The summed E-state index contributed by atoms with van der Waals surface area (Å²) in [5.41, 5.74) is -0.877. The zero-order valence-electron chi connectivity index (χ0n) is 10.3. The second-order valence-electron chi connectivity index (χ2n) is 4.77. The third-order valence-corrected chi connectivity index (χ3v) is 2.52. The zero-order valence-corrected chi connectivity index (χ0v) is 10.3. The van der Waals surface area contributed by atoms with Crippen LogP contribution < -0.4 is 5.32 Å². The lowest BCUT2D eigenvalue weighted by atomic mass is 9.90. The molecule has 0 unspecified atom stereocenters. The number of aromatic nitrogens is 1. The molecule has 5 heteroatoms. The standard InChI is InChI=1S/C12H18N2O3/c1-8(2)7-12(3,11(16)17)14-10(15)9-5-4-6-13-9/h4-6,8,13H,7H2,1-3H3,(H,14,15)(H,16,17)/t12-/m0/s1. The Kier molecular flexibility index (Phi) is 3.93. The van der Waals surface area contributed by atoms with E-state index in [-0.39, 0.29) is 5.92 Å². The van der Waals surface area contributed by atoms with E-state index in [1.165, 1.54) is 6.92 Å². The van der Waals surface area contributed by atoms with Gasteiger partial charge in [0, 0.05) is 6.20 Å². The van der Waals surface area contributed by atoms with E-state index in [1.807, 2.05) is 13.8 Å². The molecule has 1 aromatic heterocycles. The molecule has 0 aromatic carbocycles. The third-order valence-electron chi connectivity index (χ3n) is 2.52. The topological polar surface area (TPSA) is 82.2 Å². The highest BCUT2D eigenvalue weighted by Crippen LogP contribution is 2.17. The van der Waals surface area contributed by atoms with E-state index in [0.717, 1.165) is 0 Å². The maximum absolute atomic E-state index is 11.8. The number of aromatic amines is 1. The summed E-state index contributed by atoms with van der Waals surface area (Å²) in [4.78, 5) is 25.8. The SMILES string of the molecule is CC(C)C[C@](C)(NC(=O)c1ccc[nH]1)C(=O)O. The van der Waals surface area contributed by atoms with Gasteiger partial charge in [0.2, 0.25) is 0 Å². The van der Waals surface area contributed by atoms with Crippen LogP contribution in [0.1, 0.15) is 37.7 Å². The zero-order chi connectivity index (χ0) is 13.1. The Balaban J connectivity index is 2.80. The molecule has 0 aliphatic rings. The number of hydrogen-bond acceptors (Lipinski definition) is 2. The van der Waals surface area contributed by atoms with Crippen molar-refractivity contribution in [2.24, 2.45) is 5.92 Å². The molecule has 0 saturated heterocycles. The lowest BCUT2D eigenvalue weighted by Gasteiger charge is -2.27. The van der Waals surface area contributed by atoms with Gasteiger partial charge in [0.25, 0.3) is 5.91 Å². The summed E-state index contributed by atoms with van der Waals surface area (Å²) in [5.74, 6) is -1.24. The maximum Gasteiger partial charge on any atom is 0.329 e. The van der Waals surface area contributed by atoms with Crippen molar-refractivity contribution in [3.8, 4) is 0 Å². The van der Waals surface area contributed by atoms with Gasteiger partial charge in [-0.2, -0.15) is 0 Å². The first-order valence-electron chi connectivity index (χ1n) is 5.54. The molecule has 1 rings (SSSR count). The van der Waals surface area contributed by atoms with Crippen molar-refractivity contribution in [1.82, 2.24) is 10.3 Å². The van der Waals surface area contributed by atoms with E-state index in [0.29, 0.717) is 12.1 Å². The predicted molar refractivity (Wildman–Crippen MR) is 63.8 cm³/mol. The maximum atomic E-state index is 11.8. The van der Waals surface area contributed by atoms with Crippen molar-refractivity contribution >= 4 is 11.9 Å². The van der Waals surface area contributed by atoms with Gasteiger partial charge in [0.1, 0.15) is 11.2 Å². The average Bonchev–Trinajstić information content (AvgIpc) is 2.68. The van der Waals surface area contributed by atoms with Crippen LogP contribution in [0, 0.1) is 5.92 Å². The van der Waals surface area contributed by atoms with Crippen LogP contribution in [0.2, 0.25) is 0 Å². The van der Waals surface area contributed by atoms with Crippen molar-refractivity contribution < 1.29 is 14.7 Å². The van der Waals surface area contributed by atoms with Crippen LogP contribution in [0.5, 0.6) is 0 Å². The fraction of sp³-hybridized carbons (Fsp3) is 0.500. The number of rotatable bonds is 5. The van der Waals surface area contributed by atoms with Gasteiger partial charge in [0.05, 0.1) is 0 Å². The smallest absolute Gasteiger partial charge is 0.329 e. The van der Waals surface area contributed by atoms with Gasteiger partial charge >= 0.3 is 5.97 Å². The summed E-state index contributed by atoms with van der Waals surface area (Å²) in [7, 11) is 0. The first-order chi connectivity index (χ1) is 7.85. The number of amides is 1. The summed E-state index contributed by atoms with van der Waals surface area (Å²) in [6, 6.07) is 3.29. The molecular weight excluding hydrogens is 220 g/mol. The first kappa shape index (κ1) is 13.3. The lowest BCUT2D eigenvalue weighted by Crippen LogP contribution is -2.53. The van der Waals surface area contributed by atoms with E-state index in [2.05, 4.69) is 10.3 Å². The quantitative estimate of drug-likeness (QED) is 0.729. The highest BCUT2D eigenvalue weighted by atomic mass is 16.4. The molecule has 0 radical (unpaired) electrons. The van der Waals surface area contributed by atoms with Crippen molar-refractivity contribution in [2.45, 2.75) is 32.7 Å². The highest BCUT2D eigenvalue weighted by Gasteiger charge is 2.35.